The monoisotopic (exact) mass is 273 g/mol. The molecule has 0 spiro atoms. The summed E-state index contributed by atoms with van der Waals surface area (Å²) in [6.45, 7) is 3.61. The van der Waals surface area contributed by atoms with Crippen LogP contribution in [0.5, 0.6) is 0 Å². The van der Waals surface area contributed by atoms with Crippen LogP contribution in [0.3, 0.4) is 0 Å². The third kappa shape index (κ3) is 2.13. The number of fused-ring (bicyclic) bond motifs is 1. The molecule has 2 aromatic heterocycles. The van der Waals surface area contributed by atoms with Crippen LogP contribution in [0.15, 0.2) is 23.6 Å². The number of aromatic nitrogens is 4. The molecule has 0 fully saturated rings. The Morgan fingerprint density at radius 3 is 2.95 bits per heavy atom. The van der Waals surface area contributed by atoms with E-state index in [0.29, 0.717) is 6.54 Å². The van der Waals surface area contributed by atoms with E-state index in [1.54, 1.807) is 0 Å². The fourth-order valence-electron chi connectivity index (χ4n) is 2.21. The van der Waals surface area contributed by atoms with Crippen LogP contribution < -0.4 is 5.73 Å². The van der Waals surface area contributed by atoms with Gasteiger partial charge in [-0.3, -0.25) is 0 Å². The smallest absolute Gasteiger partial charge is 0.162 e. The summed E-state index contributed by atoms with van der Waals surface area (Å²) < 4.78 is 6.12. The molecule has 98 valence electrons. The third-order valence-corrected chi connectivity index (χ3v) is 3.59. The summed E-state index contributed by atoms with van der Waals surface area (Å²) in [6, 6.07) is 6.19. The molecule has 6 heteroatoms. The number of hydrogen-bond acceptors (Lipinski definition) is 5. The fraction of sp³-hybridized carbons (Fsp3) is 0.308. The highest BCUT2D eigenvalue weighted by molar-refractivity contribution is 7.03. The van der Waals surface area contributed by atoms with Gasteiger partial charge >= 0.3 is 0 Å². The molecule has 0 aliphatic carbocycles. The summed E-state index contributed by atoms with van der Waals surface area (Å²) in [7, 11) is 0. The molecule has 0 aliphatic rings. The van der Waals surface area contributed by atoms with Gasteiger partial charge in [-0.2, -0.15) is 0 Å². The molecule has 2 heterocycles. The summed E-state index contributed by atoms with van der Waals surface area (Å²) in [5, 5.41) is 6.06. The van der Waals surface area contributed by atoms with Gasteiger partial charge in [-0.1, -0.05) is 17.5 Å². The van der Waals surface area contributed by atoms with Crippen molar-refractivity contribution in [2.24, 2.45) is 5.73 Å². The van der Waals surface area contributed by atoms with Gasteiger partial charge in [0.05, 0.1) is 11.0 Å². The largest absolute Gasteiger partial charge is 0.326 e. The molecule has 19 heavy (non-hydrogen) atoms. The number of nitrogens with two attached hydrogens (primary N) is 1. The summed E-state index contributed by atoms with van der Waals surface area (Å²) in [6.07, 6.45) is 1.05. The van der Waals surface area contributed by atoms with Crippen LogP contribution >= 0.6 is 11.5 Å². The molecule has 0 amide bonds. The molecular formula is C13H15N5S. The van der Waals surface area contributed by atoms with Crippen LogP contribution in [0.4, 0.5) is 0 Å². The molecule has 0 aliphatic heterocycles. The molecule has 0 atom stereocenters. The van der Waals surface area contributed by atoms with Crippen molar-refractivity contribution in [3.63, 3.8) is 0 Å². The van der Waals surface area contributed by atoms with Crippen LogP contribution in [0.1, 0.15) is 18.9 Å². The van der Waals surface area contributed by atoms with Crippen LogP contribution in [-0.2, 0) is 13.1 Å². The van der Waals surface area contributed by atoms with Crippen molar-refractivity contribution in [2.75, 3.05) is 0 Å². The minimum atomic E-state index is 0.532. The van der Waals surface area contributed by atoms with Gasteiger partial charge in [-0.15, -0.1) is 5.10 Å². The molecule has 3 aromatic rings. The van der Waals surface area contributed by atoms with E-state index in [9.17, 15) is 0 Å². The summed E-state index contributed by atoms with van der Waals surface area (Å²) >= 11 is 1.34. The molecule has 3 rings (SSSR count). The summed E-state index contributed by atoms with van der Waals surface area (Å²) in [5.41, 5.74) is 9.71. The second-order valence-corrected chi connectivity index (χ2v) is 5.01. The van der Waals surface area contributed by atoms with Crippen molar-refractivity contribution in [3.8, 4) is 11.5 Å². The van der Waals surface area contributed by atoms with Crippen LogP contribution in [0.2, 0.25) is 0 Å². The van der Waals surface area contributed by atoms with Gasteiger partial charge in [0.25, 0.3) is 0 Å². The fourth-order valence-corrected chi connectivity index (χ4v) is 2.64. The SMILES string of the molecule is CCCn1c(-c2csnn2)nc2cc(CN)ccc21. The zero-order chi connectivity index (χ0) is 13.2. The average molecular weight is 273 g/mol. The first-order valence-electron chi connectivity index (χ1n) is 6.30. The first-order chi connectivity index (χ1) is 9.33. The lowest BCUT2D eigenvalue weighted by molar-refractivity contribution is 0.702. The van der Waals surface area contributed by atoms with Crippen molar-refractivity contribution < 1.29 is 0 Å². The van der Waals surface area contributed by atoms with Gasteiger partial charge in [-0.25, -0.2) is 4.98 Å². The predicted molar refractivity (Wildman–Crippen MR) is 76.8 cm³/mol. The Morgan fingerprint density at radius 1 is 1.37 bits per heavy atom. The van der Waals surface area contributed by atoms with Crippen molar-refractivity contribution in [1.82, 2.24) is 19.1 Å². The number of benzene rings is 1. The van der Waals surface area contributed by atoms with Crippen molar-refractivity contribution in [3.05, 3.63) is 29.1 Å². The standard InChI is InChI=1S/C13H15N5S/c1-2-5-18-12-4-3-9(7-14)6-10(12)15-13(18)11-8-19-17-16-11/h3-4,6,8H,2,5,7,14H2,1H3. The lowest BCUT2D eigenvalue weighted by Crippen LogP contribution is -2.00. The average Bonchev–Trinajstić information content (AvgIpc) is 3.06. The topological polar surface area (TPSA) is 69.6 Å². The van der Waals surface area contributed by atoms with E-state index in [1.807, 2.05) is 11.4 Å². The van der Waals surface area contributed by atoms with Gasteiger partial charge in [0.1, 0.15) is 5.69 Å². The molecule has 5 nitrogen and oxygen atoms in total. The number of hydrogen-bond donors (Lipinski definition) is 1. The molecule has 0 bridgehead atoms. The molecular weight excluding hydrogens is 258 g/mol. The number of nitrogens with zero attached hydrogens (tertiary/aromatic N) is 4. The van der Waals surface area contributed by atoms with Gasteiger partial charge in [0, 0.05) is 18.5 Å². The van der Waals surface area contributed by atoms with E-state index in [4.69, 9.17) is 10.7 Å². The van der Waals surface area contributed by atoms with E-state index < -0.39 is 0 Å². The van der Waals surface area contributed by atoms with Gasteiger partial charge < -0.3 is 10.3 Å². The molecule has 1 aromatic carbocycles. The Morgan fingerprint density at radius 2 is 2.26 bits per heavy atom. The van der Waals surface area contributed by atoms with Gasteiger partial charge in [-0.05, 0) is 35.6 Å². The number of rotatable bonds is 4. The highest BCUT2D eigenvalue weighted by Crippen LogP contribution is 2.25. The second kappa shape index (κ2) is 5.07. The summed E-state index contributed by atoms with van der Waals surface area (Å²) in [5.74, 6) is 0.889. The highest BCUT2D eigenvalue weighted by Gasteiger charge is 2.14. The Hall–Kier alpha value is -1.79. The predicted octanol–water partition coefficient (Wildman–Crippen LogP) is 2.42. The zero-order valence-corrected chi connectivity index (χ0v) is 11.5. The van der Waals surface area contributed by atoms with Gasteiger partial charge in [0.2, 0.25) is 0 Å². The molecule has 0 unspecified atom stereocenters. The van der Waals surface area contributed by atoms with Crippen molar-refractivity contribution in [1.29, 1.82) is 0 Å². The van der Waals surface area contributed by atoms with Crippen LogP contribution in [0, 0.1) is 0 Å². The highest BCUT2D eigenvalue weighted by atomic mass is 32.1. The van der Waals surface area contributed by atoms with E-state index in [1.165, 1.54) is 11.5 Å². The van der Waals surface area contributed by atoms with Crippen LogP contribution in [0.25, 0.3) is 22.6 Å². The van der Waals surface area contributed by atoms with E-state index in [0.717, 1.165) is 41.1 Å². The first-order valence-corrected chi connectivity index (χ1v) is 7.13. The lowest BCUT2D eigenvalue weighted by atomic mass is 10.2. The minimum Gasteiger partial charge on any atom is -0.326 e. The number of imidazole rings is 1. The van der Waals surface area contributed by atoms with E-state index in [2.05, 4.69) is 33.2 Å². The Labute approximate surface area is 115 Å². The van der Waals surface area contributed by atoms with Gasteiger partial charge in [0.15, 0.2) is 5.82 Å². The Bertz CT molecular complexity index is 686. The quantitative estimate of drug-likeness (QED) is 0.792. The van der Waals surface area contributed by atoms with Crippen molar-refractivity contribution >= 4 is 22.6 Å². The zero-order valence-electron chi connectivity index (χ0n) is 10.7. The maximum atomic E-state index is 5.68. The second-order valence-electron chi connectivity index (χ2n) is 4.40. The molecule has 0 saturated heterocycles. The van der Waals surface area contributed by atoms with E-state index in [-0.39, 0.29) is 0 Å². The molecule has 2 N–H and O–H groups in total. The Kier molecular flexibility index (Phi) is 3.27. The Balaban J connectivity index is 2.22. The number of aryl methyl sites for hydroxylation is 1. The van der Waals surface area contributed by atoms with Crippen molar-refractivity contribution in [2.45, 2.75) is 26.4 Å². The summed E-state index contributed by atoms with van der Waals surface area (Å²) in [4.78, 5) is 4.69. The molecule has 0 saturated carbocycles. The first kappa shape index (κ1) is 12.3. The molecule has 0 radical (unpaired) electrons. The van der Waals surface area contributed by atoms with E-state index >= 15 is 0 Å². The lowest BCUT2D eigenvalue weighted by Gasteiger charge is -2.05. The maximum absolute atomic E-state index is 5.68. The maximum Gasteiger partial charge on any atom is 0.162 e. The van der Waals surface area contributed by atoms with Crippen LogP contribution in [-0.4, -0.2) is 19.1 Å². The minimum absolute atomic E-state index is 0.532. The normalized spacial score (nSPS) is 11.3. The third-order valence-electron chi connectivity index (χ3n) is 3.08.